The zero-order valence-electron chi connectivity index (χ0n) is 16.0. The fourth-order valence-corrected chi connectivity index (χ4v) is 5.00. The van der Waals surface area contributed by atoms with Gasteiger partial charge in [-0.1, -0.05) is 6.07 Å². The van der Waals surface area contributed by atoms with Gasteiger partial charge in [-0.05, 0) is 50.9 Å². The van der Waals surface area contributed by atoms with Crippen LogP contribution >= 0.6 is 0 Å². The molecule has 5 heteroatoms. The van der Waals surface area contributed by atoms with Gasteiger partial charge in [0.05, 0.1) is 18.3 Å². The summed E-state index contributed by atoms with van der Waals surface area (Å²) in [7, 11) is 0. The molecule has 0 spiro atoms. The number of pyridine rings is 2. The summed E-state index contributed by atoms with van der Waals surface area (Å²) in [5.41, 5.74) is 4.91. The molecule has 5 heterocycles. The Bertz CT molecular complexity index is 992. The van der Waals surface area contributed by atoms with Crippen LogP contribution in [0.15, 0.2) is 36.8 Å². The quantitative estimate of drug-likeness (QED) is 0.776. The molecule has 1 N–H and O–H groups in total. The second-order valence-electron chi connectivity index (χ2n) is 8.25. The third-order valence-electron chi connectivity index (χ3n) is 6.32. The number of hydrogen-bond donors (Lipinski definition) is 1. The number of fused-ring (bicyclic) bond motifs is 5. The molecule has 140 valence electrons. The Balaban J connectivity index is 1.67. The Morgan fingerprint density at radius 3 is 3.00 bits per heavy atom. The van der Waals surface area contributed by atoms with Crippen LogP contribution in [0.2, 0.25) is 0 Å². The Labute approximate surface area is 159 Å². The van der Waals surface area contributed by atoms with Crippen molar-refractivity contribution in [2.24, 2.45) is 0 Å². The summed E-state index contributed by atoms with van der Waals surface area (Å²) in [6.07, 6.45) is 9.03. The summed E-state index contributed by atoms with van der Waals surface area (Å²) in [5, 5.41) is 12.6. The molecule has 0 bridgehead atoms. The van der Waals surface area contributed by atoms with Gasteiger partial charge in [-0.25, -0.2) is 0 Å². The lowest BCUT2D eigenvalue weighted by molar-refractivity contribution is 0.0380. The van der Waals surface area contributed by atoms with Crippen molar-refractivity contribution in [1.29, 1.82) is 0 Å². The van der Waals surface area contributed by atoms with E-state index in [2.05, 4.69) is 32.4 Å². The SMILES string of the molecule is Cc1cc2c3c(n(CC(C)(O)c4cccnc4)c2cn1)CCN1CCCC31. The van der Waals surface area contributed by atoms with Gasteiger partial charge in [0.15, 0.2) is 0 Å². The van der Waals surface area contributed by atoms with Gasteiger partial charge < -0.3 is 9.67 Å². The molecule has 3 aromatic heterocycles. The Kier molecular flexibility index (Phi) is 3.85. The highest BCUT2D eigenvalue weighted by Crippen LogP contribution is 2.43. The van der Waals surface area contributed by atoms with Crippen LogP contribution in [0.3, 0.4) is 0 Å². The number of hydrogen-bond acceptors (Lipinski definition) is 4. The van der Waals surface area contributed by atoms with Gasteiger partial charge in [-0.2, -0.15) is 0 Å². The maximum Gasteiger partial charge on any atom is 0.106 e. The predicted octanol–water partition coefficient (Wildman–Crippen LogP) is 3.34. The van der Waals surface area contributed by atoms with Crippen molar-refractivity contribution >= 4 is 10.9 Å². The van der Waals surface area contributed by atoms with Gasteiger partial charge in [-0.15, -0.1) is 0 Å². The molecular formula is C22H26N4O. The van der Waals surface area contributed by atoms with Crippen LogP contribution in [0.25, 0.3) is 10.9 Å². The van der Waals surface area contributed by atoms with Crippen molar-refractivity contribution in [3.8, 4) is 0 Å². The van der Waals surface area contributed by atoms with E-state index in [-0.39, 0.29) is 0 Å². The van der Waals surface area contributed by atoms with E-state index in [0.717, 1.165) is 29.7 Å². The second-order valence-corrected chi connectivity index (χ2v) is 8.25. The van der Waals surface area contributed by atoms with Crippen LogP contribution in [-0.2, 0) is 18.6 Å². The normalized spacial score (nSPS) is 21.8. The van der Waals surface area contributed by atoms with Gasteiger partial charge >= 0.3 is 0 Å². The predicted molar refractivity (Wildman–Crippen MR) is 106 cm³/mol. The van der Waals surface area contributed by atoms with E-state index in [1.54, 1.807) is 12.4 Å². The van der Waals surface area contributed by atoms with E-state index in [1.165, 1.54) is 36.0 Å². The molecule has 5 nitrogen and oxygen atoms in total. The Morgan fingerprint density at radius 1 is 1.30 bits per heavy atom. The molecule has 0 aromatic carbocycles. The van der Waals surface area contributed by atoms with E-state index >= 15 is 0 Å². The van der Waals surface area contributed by atoms with E-state index < -0.39 is 5.60 Å². The highest BCUT2D eigenvalue weighted by atomic mass is 16.3. The highest BCUT2D eigenvalue weighted by Gasteiger charge is 2.36. The summed E-state index contributed by atoms with van der Waals surface area (Å²) < 4.78 is 2.32. The first-order valence-electron chi connectivity index (χ1n) is 9.89. The summed E-state index contributed by atoms with van der Waals surface area (Å²) in [6, 6.07) is 6.58. The molecule has 1 fully saturated rings. The van der Waals surface area contributed by atoms with Gasteiger partial charge in [0.2, 0.25) is 0 Å². The van der Waals surface area contributed by atoms with Crippen LogP contribution in [0.1, 0.15) is 48.3 Å². The van der Waals surface area contributed by atoms with E-state index in [9.17, 15) is 5.11 Å². The average Bonchev–Trinajstić information content (AvgIpc) is 3.25. The molecule has 2 atom stereocenters. The highest BCUT2D eigenvalue weighted by molar-refractivity contribution is 5.86. The zero-order valence-corrected chi connectivity index (χ0v) is 16.0. The molecule has 27 heavy (non-hydrogen) atoms. The molecule has 0 aliphatic carbocycles. The molecule has 0 saturated carbocycles. The third kappa shape index (κ3) is 2.68. The van der Waals surface area contributed by atoms with Crippen molar-refractivity contribution in [3.05, 3.63) is 59.3 Å². The molecule has 0 radical (unpaired) electrons. The minimum Gasteiger partial charge on any atom is -0.384 e. The third-order valence-corrected chi connectivity index (χ3v) is 6.32. The van der Waals surface area contributed by atoms with Gasteiger partial charge in [0.1, 0.15) is 5.60 Å². The monoisotopic (exact) mass is 362 g/mol. The molecule has 5 rings (SSSR count). The zero-order chi connectivity index (χ0) is 18.6. The van der Waals surface area contributed by atoms with E-state index in [4.69, 9.17) is 0 Å². The van der Waals surface area contributed by atoms with Gasteiger partial charge in [0.25, 0.3) is 0 Å². The Morgan fingerprint density at radius 2 is 2.19 bits per heavy atom. The molecule has 0 amide bonds. The number of rotatable bonds is 3. The lowest BCUT2D eigenvalue weighted by Gasteiger charge is -2.32. The largest absolute Gasteiger partial charge is 0.384 e. The summed E-state index contributed by atoms with van der Waals surface area (Å²) in [6.45, 7) is 6.77. The lowest BCUT2D eigenvalue weighted by atomic mass is 9.95. The van der Waals surface area contributed by atoms with Crippen LogP contribution < -0.4 is 0 Å². The Hall–Kier alpha value is -2.24. The molecule has 2 aliphatic heterocycles. The molecular weight excluding hydrogens is 336 g/mol. The van der Waals surface area contributed by atoms with Crippen LogP contribution in [-0.4, -0.2) is 37.6 Å². The molecule has 1 saturated heterocycles. The lowest BCUT2D eigenvalue weighted by Crippen LogP contribution is -2.33. The van der Waals surface area contributed by atoms with E-state index in [0.29, 0.717) is 12.6 Å². The molecule has 2 unspecified atom stereocenters. The first-order chi connectivity index (χ1) is 13.0. The van der Waals surface area contributed by atoms with Crippen LogP contribution in [0, 0.1) is 6.92 Å². The second kappa shape index (κ2) is 6.14. The first kappa shape index (κ1) is 16.9. The first-order valence-corrected chi connectivity index (χ1v) is 9.89. The minimum atomic E-state index is -0.980. The van der Waals surface area contributed by atoms with Gasteiger partial charge in [-0.3, -0.25) is 14.9 Å². The maximum absolute atomic E-state index is 11.3. The number of aromatic nitrogens is 3. The fourth-order valence-electron chi connectivity index (χ4n) is 5.00. The number of nitrogens with zero attached hydrogens (tertiary/aromatic N) is 4. The minimum absolute atomic E-state index is 0.516. The van der Waals surface area contributed by atoms with Crippen molar-refractivity contribution < 1.29 is 5.11 Å². The standard InChI is InChI=1S/C22H26N4O/c1-15-11-17-20(13-24-15)26(14-22(2,27)16-5-3-8-23-12-16)19-7-10-25-9-4-6-18(25)21(17)19/h3,5,8,11-13,18,27H,4,6-7,9-10,14H2,1-2H3. The molecule has 3 aromatic rings. The molecule has 2 aliphatic rings. The van der Waals surface area contributed by atoms with Crippen LogP contribution in [0.5, 0.6) is 0 Å². The van der Waals surface area contributed by atoms with Gasteiger partial charge in [0, 0.05) is 53.7 Å². The van der Waals surface area contributed by atoms with Crippen molar-refractivity contribution in [2.45, 2.75) is 51.3 Å². The summed E-state index contributed by atoms with van der Waals surface area (Å²) in [4.78, 5) is 11.4. The van der Waals surface area contributed by atoms with Crippen molar-refractivity contribution in [2.75, 3.05) is 13.1 Å². The fraction of sp³-hybridized carbons (Fsp3) is 0.455. The number of aliphatic hydroxyl groups is 1. The number of aryl methyl sites for hydroxylation is 1. The topological polar surface area (TPSA) is 54.2 Å². The smallest absolute Gasteiger partial charge is 0.106 e. The van der Waals surface area contributed by atoms with Crippen molar-refractivity contribution in [3.63, 3.8) is 0 Å². The summed E-state index contributed by atoms with van der Waals surface area (Å²) in [5.74, 6) is 0. The van der Waals surface area contributed by atoms with Crippen LogP contribution in [0.4, 0.5) is 0 Å². The van der Waals surface area contributed by atoms with Crippen molar-refractivity contribution in [1.82, 2.24) is 19.4 Å². The van der Waals surface area contributed by atoms with E-state index in [1.807, 2.05) is 25.3 Å². The maximum atomic E-state index is 11.3. The average molecular weight is 362 g/mol. The summed E-state index contributed by atoms with van der Waals surface area (Å²) >= 11 is 0.